The van der Waals surface area contributed by atoms with Gasteiger partial charge in [0.15, 0.2) is 0 Å². The van der Waals surface area contributed by atoms with Crippen LogP contribution >= 0.6 is 0 Å². The Balaban J connectivity index is 1.85. The zero-order valence-corrected chi connectivity index (χ0v) is 12.0. The van der Waals surface area contributed by atoms with Crippen molar-refractivity contribution in [3.8, 4) is 0 Å². The number of ether oxygens (including phenoxy) is 1. The number of benzene rings is 2. The minimum atomic E-state index is -0.0213. The molecule has 0 spiro atoms. The summed E-state index contributed by atoms with van der Waals surface area (Å²) in [5.41, 5.74) is 8.82. The van der Waals surface area contributed by atoms with Gasteiger partial charge in [-0.3, -0.25) is 0 Å². The van der Waals surface area contributed by atoms with E-state index in [0.717, 1.165) is 24.8 Å². The average molecular weight is 269 g/mol. The first kappa shape index (κ1) is 14.8. The summed E-state index contributed by atoms with van der Waals surface area (Å²) in [5.74, 6) is 0. The van der Waals surface area contributed by atoms with Gasteiger partial charge in [-0.15, -0.1) is 0 Å². The van der Waals surface area contributed by atoms with E-state index in [1.165, 1.54) is 5.56 Å². The van der Waals surface area contributed by atoms with E-state index in [9.17, 15) is 0 Å². The minimum absolute atomic E-state index is 0.0213. The summed E-state index contributed by atoms with van der Waals surface area (Å²) in [5, 5.41) is 0. The number of methoxy groups -OCH3 is 1. The van der Waals surface area contributed by atoms with Crippen LogP contribution in [0.4, 0.5) is 0 Å². The molecule has 2 nitrogen and oxygen atoms in total. The largest absolute Gasteiger partial charge is 0.375 e. The third-order valence-corrected chi connectivity index (χ3v) is 3.62. The molecule has 0 saturated heterocycles. The molecule has 0 radical (unpaired) electrons. The normalized spacial score (nSPS) is 13.9. The van der Waals surface area contributed by atoms with Crippen LogP contribution in [-0.2, 0) is 11.2 Å². The fraction of sp³-hybridized carbons (Fsp3) is 0.333. The lowest BCUT2D eigenvalue weighted by atomic mass is 9.97. The molecule has 2 rings (SSSR count). The van der Waals surface area contributed by atoms with E-state index in [4.69, 9.17) is 10.5 Å². The van der Waals surface area contributed by atoms with Crippen molar-refractivity contribution in [2.75, 3.05) is 7.11 Å². The maximum atomic E-state index is 6.30. The lowest BCUT2D eigenvalue weighted by Crippen LogP contribution is -2.29. The molecule has 0 aliphatic carbocycles. The van der Waals surface area contributed by atoms with Gasteiger partial charge in [-0.25, -0.2) is 0 Å². The van der Waals surface area contributed by atoms with Crippen LogP contribution in [0, 0.1) is 0 Å². The van der Waals surface area contributed by atoms with E-state index in [1.807, 2.05) is 24.3 Å². The minimum Gasteiger partial charge on any atom is -0.375 e. The van der Waals surface area contributed by atoms with Gasteiger partial charge in [0.25, 0.3) is 0 Å². The van der Waals surface area contributed by atoms with E-state index in [2.05, 4.69) is 36.4 Å². The molecule has 0 saturated carbocycles. The van der Waals surface area contributed by atoms with Gasteiger partial charge in [0, 0.05) is 13.2 Å². The molecular weight excluding hydrogens is 246 g/mol. The highest BCUT2D eigenvalue weighted by atomic mass is 16.5. The van der Waals surface area contributed by atoms with Crippen LogP contribution in [0.2, 0.25) is 0 Å². The second kappa shape index (κ2) is 7.83. The van der Waals surface area contributed by atoms with Crippen molar-refractivity contribution in [2.24, 2.45) is 5.73 Å². The van der Waals surface area contributed by atoms with Crippen molar-refractivity contribution in [3.63, 3.8) is 0 Å². The second-order valence-corrected chi connectivity index (χ2v) is 5.11. The Labute approximate surface area is 121 Å². The third kappa shape index (κ3) is 4.19. The van der Waals surface area contributed by atoms with Crippen molar-refractivity contribution in [3.05, 3.63) is 71.8 Å². The van der Waals surface area contributed by atoms with Crippen molar-refractivity contribution >= 4 is 0 Å². The van der Waals surface area contributed by atoms with E-state index in [-0.39, 0.29) is 12.1 Å². The maximum absolute atomic E-state index is 6.30. The Morgan fingerprint density at radius 2 is 1.55 bits per heavy atom. The SMILES string of the molecule is COC(c1ccccc1)C(N)CCCc1ccccc1. The molecule has 2 unspecified atom stereocenters. The molecule has 0 aromatic heterocycles. The molecule has 0 bridgehead atoms. The summed E-state index contributed by atoms with van der Waals surface area (Å²) in [4.78, 5) is 0. The lowest BCUT2D eigenvalue weighted by molar-refractivity contribution is 0.0770. The molecule has 2 atom stereocenters. The van der Waals surface area contributed by atoms with Crippen LogP contribution in [0.25, 0.3) is 0 Å². The predicted octanol–water partition coefficient (Wildman–Crippen LogP) is 3.72. The summed E-state index contributed by atoms with van der Waals surface area (Å²) in [6.07, 6.45) is 3.09. The average Bonchev–Trinajstić information content (AvgIpc) is 2.50. The predicted molar refractivity (Wildman–Crippen MR) is 83.5 cm³/mol. The fourth-order valence-electron chi connectivity index (χ4n) is 2.54. The first-order chi connectivity index (χ1) is 9.81. The summed E-state index contributed by atoms with van der Waals surface area (Å²) < 4.78 is 5.58. The van der Waals surface area contributed by atoms with Crippen LogP contribution in [0.1, 0.15) is 30.1 Å². The van der Waals surface area contributed by atoms with Crippen LogP contribution in [0.15, 0.2) is 60.7 Å². The molecule has 0 fully saturated rings. The van der Waals surface area contributed by atoms with Gasteiger partial charge >= 0.3 is 0 Å². The number of nitrogens with two attached hydrogens (primary N) is 1. The van der Waals surface area contributed by atoms with Crippen molar-refractivity contribution < 1.29 is 4.74 Å². The van der Waals surface area contributed by atoms with Gasteiger partial charge in [-0.05, 0) is 30.4 Å². The number of hydrogen-bond donors (Lipinski definition) is 1. The van der Waals surface area contributed by atoms with Crippen LogP contribution in [0.5, 0.6) is 0 Å². The van der Waals surface area contributed by atoms with Gasteiger partial charge in [0.1, 0.15) is 0 Å². The fourth-order valence-corrected chi connectivity index (χ4v) is 2.54. The Kier molecular flexibility index (Phi) is 5.78. The molecule has 0 amide bonds. The maximum Gasteiger partial charge on any atom is 0.0971 e. The van der Waals surface area contributed by atoms with E-state index in [0.29, 0.717) is 0 Å². The van der Waals surface area contributed by atoms with Gasteiger partial charge < -0.3 is 10.5 Å². The summed E-state index contributed by atoms with van der Waals surface area (Å²) in [7, 11) is 1.73. The van der Waals surface area contributed by atoms with Crippen LogP contribution in [0.3, 0.4) is 0 Å². The Hall–Kier alpha value is -1.64. The molecule has 0 aliphatic rings. The highest BCUT2D eigenvalue weighted by Crippen LogP contribution is 2.22. The highest BCUT2D eigenvalue weighted by Gasteiger charge is 2.18. The molecule has 106 valence electrons. The quantitative estimate of drug-likeness (QED) is 0.831. The molecule has 2 N–H and O–H groups in total. The summed E-state index contributed by atoms with van der Waals surface area (Å²) >= 11 is 0. The zero-order chi connectivity index (χ0) is 14.2. The number of hydrogen-bond acceptors (Lipinski definition) is 2. The Morgan fingerprint density at radius 3 is 2.15 bits per heavy atom. The third-order valence-electron chi connectivity index (χ3n) is 3.62. The molecule has 20 heavy (non-hydrogen) atoms. The highest BCUT2D eigenvalue weighted by molar-refractivity contribution is 5.19. The van der Waals surface area contributed by atoms with Gasteiger partial charge in [0.05, 0.1) is 6.10 Å². The van der Waals surface area contributed by atoms with Crippen LogP contribution < -0.4 is 5.73 Å². The molecule has 2 aromatic carbocycles. The standard InChI is InChI=1S/C18H23NO/c1-20-18(16-12-6-3-7-13-16)17(19)14-8-11-15-9-4-2-5-10-15/h2-7,9-10,12-13,17-18H,8,11,14,19H2,1H3. The molecule has 2 heteroatoms. The monoisotopic (exact) mass is 269 g/mol. The smallest absolute Gasteiger partial charge is 0.0971 e. The molecule has 0 heterocycles. The van der Waals surface area contributed by atoms with E-state index >= 15 is 0 Å². The first-order valence-corrected chi connectivity index (χ1v) is 7.18. The number of aryl methyl sites for hydroxylation is 1. The second-order valence-electron chi connectivity index (χ2n) is 5.11. The molecular formula is C18H23NO. The first-order valence-electron chi connectivity index (χ1n) is 7.18. The number of rotatable bonds is 7. The lowest BCUT2D eigenvalue weighted by Gasteiger charge is -2.23. The molecule has 2 aromatic rings. The summed E-state index contributed by atoms with van der Waals surface area (Å²) in [6.45, 7) is 0. The summed E-state index contributed by atoms with van der Waals surface area (Å²) in [6, 6.07) is 20.8. The topological polar surface area (TPSA) is 35.2 Å². The van der Waals surface area contributed by atoms with Crippen molar-refractivity contribution in [1.82, 2.24) is 0 Å². The van der Waals surface area contributed by atoms with Crippen molar-refractivity contribution in [1.29, 1.82) is 0 Å². The van der Waals surface area contributed by atoms with Gasteiger partial charge in [-0.2, -0.15) is 0 Å². The van der Waals surface area contributed by atoms with Crippen molar-refractivity contribution in [2.45, 2.75) is 31.4 Å². The zero-order valence-electron chi connectivity index (χ0n) is 12.0. The molecule has 0 aliphatic heterocycles. The van der Waals surface area contributed by atoms with E-state index in [1.54, 1.807) is 7.11 Å². The van der Waals surface area contributed by atoms with Gasteiger partial charge in [-0.1, -0.05) is 60.7 Å². The Bertz CT molecular complexity index is 483. The van der Waals surface area contributed by atoms with Gasteiger partial charge in [0.2, 0.25) is 0 Å². The van der Waals surface area contributed by atoms with E-state index < -0.39 is 0 Å². The Morgan fingerprint density at radius 1 is 0.950 bits per heavy atom. The van der Waals surface area contributed by atoms with Crippen LogP contribution in [-0.4, -0.2) is 13.2 Å².